The summed E-state index contributed by atoms with van der Waals surface area (Å²) in [5.74, 6) is 1.35. The molecule has 3 nitrogen and oxygen atoms in total. The van der Waals surface area contributed by atoms with Crippen LogP contribution in [0.1, 0.15) is 44.1 Å². The first-order valence-corrected chi connectivity index (χ1v) is 7.51. The van der Waals surface area contributed by atoms with Crippen LogP contribution < -0.4 is 10.5 Å². The summed E-state index contributed by atoms with van der Waals surface area (Å²) in [6.45, 7) is 2.74. The molecular formula is C14H21BrN2O. The number of halogens is 1. The highest BCUT2D eigenvalue weighted by Crippen LogP contribution is 2.30. The summed E-state index contributed by atoms with van der Waals surface area (Å²) in [6.07, 6.45) is 9.66. The van der Waals surface area contributed by atoms with E-state index in [0.29, 0.717) is 17.5 Å². The number of nitrogens with zero attached hydrogens (tertiary/aromatic N) is 1. The molecule has 1 heterocycles. The van der Waals surface area contributed by atoms with Gasteiger partial charge in [-0.25, -0.2) is 4.98 Å². The van der Waals surface area contributed by atoms with Gasteiger partial charge in [-0.2, -0.15) is 0 Å². The van der Waals surface area contributed by atoms with E-state index in [2.05, 4.69) is 20.9 Å². The average Bonchev–Trinajstić information content (AvgIpc) is 2.64. The Kier molecular flexibility index (Phi) is 4.87. The zero-order chi connectivity index (χ0) is 13.0. The van der Waals surface area contributed by atoms with Crippen molar-refractivity contribution < 1.29 is 4.74 Å². The molecule has 1 fully saturated rings. The molecule has 4 heteroatoms. The van der Waals surface area contributed by atoms with Gasteiger partial charge in [0.15, 0.2) is 0 Å². The van der Waals surface area contributed by atoms with Gasteiger partial charge in [0.25, 0.3) is 0 Å². The highest BCUT2D eigenvalue weighted by atomic mass is 79.9. The Morgan fingerprint density at radius 3 is 2.67 bits per heavy atom. The van der Waals surface area contributed by atoms with Gasteiger partial charge in [-0.1, -0.05) is 25.7 Å². The molecule has 0 radical (unpaired) electrons. The maximum Gasteiger partial charge on any atom is 0.228 e. The molecule has 1 aliphatic rings. The van der Waals surface area contributed by atoms with Crippen LogP contribution in [-0.2, 0) is 0 Å². The van der Waals surface area contributed by atoms with Crippen LogP contribution in [-0.4, -0.2) is 11.6 Å². The molecule has 1 aliphatic carbocycles. The topological polar surface area (TPSA) is 48.1 Å². The molecule has 1 aromatic rings. The molecule has 0 atom stereocenters. The summed E-state index contributed by atoms with van der Waals surface area (Å²) >= 11 is 3.50. The Hall–Kier alpha value is -0.770. The van der Waals surface area contributed by atoms with Crippen LogP contribution in [0.3, 0.4) is 0 Å². The maximum atomic E-state index is 5.85. The molecule has 0 aromatic carbocycles. The van der Waals surface area contributed by atoms with Gasteiger partial charge in [-0.15, -0.1) is 0 Å². The second-order valence-electron chi connectivity index (χ2n) is 5.13. The minimum Gasteiger partial charge on any atom is -0.477 e. The smallest absolute Gasteiger partial charge is 0.228 e. The fourth-order valence-electron chi connectivity index (χ4n) is 2.40. The standard InChI is InChI=1S/C14H21BrN2O/c1-10-12(16)8-17-14(13(10)15)18-9-11-6-4-2-3-5-7-11/h8,11H,2-7,9,16H2,1H3. The van der Waals surface area contributed by atoms with E-state index in [1.807, 2.05) is 6.92 Å². The van der Waals surface area contributed by atoms with Gasteiger partial charge in [0, 0.05) is 0 Å². The Morgan fingerprint density at radius 1 is 1.33 bits per heavy atom. The van der Waals surface area contributed by atoms with Crippen LogP contribution in [0.15, 0.2) is 10.7 Å². The molecule has 100 valence electrons. The highest BCUT2D eigenvalue weighted by Gasteiger charge is 2.15. The zero-order valence-corrected chi connectivity index (χ0v) is 12.5. The van der Waals surface area contributed by atoms with Crippen LogP contribution >= 0.6 is 15.9 Å². The van der Waals surface area contributed by atoms with Gasteiger partial charge in [-0.3, -0.25) is 0 Å². The van der Waals surface area contributed by atoms with E-state index in [4.69, 9.17) is 10.5 Å². The maximum absolute atomic E-state index is 5.85. The van der Waals surface area contributed by atoms with E-state index in [1.54, 1.807) is 6.20 Å². The second-order valence-corrected chi connectivity index (χ2v) is 5.92. The van der Waals surface area contributed by atoms with Crippen molar-refractivity contribution in [1.82, 2.24) is 4.98 Å². The number of nitrogen functional groups attached to an aromatic ring is 1. The van der Waals surface area contributed by atoms with Crippen molar-refractivity contribution in [3.8, 4) is 5.88 Å². The van der Waals surface area contributed by atoms with Crippen molar-refractivity contribution in [3.63, 3.8) is 0 Å². The van der Waals surface area contributed by atoms with Gasteiger partial charge in [0.2, 0.25) is 5.88 Å². The van der Waals surface area contributed by atoms with Crippen LogP contribution in [0.5, 0.6) is 5.88 Å². The predicted octanol–water partition coefficient (Wildman–Crippen LogP) is 4.08. The van der Waals surface area contributed by atoms with Crippen molar-refractivity contribution in [1.29, 1.82) is 0 Å². The summed E-state index contributed by atoms with van der Waals surface area (Å²) in [7, 11) is 0. The molecule has 0 unspecified atom stereocenters. The number of aromatic nitrogens is 1. The lowest BCUT2D eigenvalue weighted by Crippen LogP contribution is -2.12. The van der Waals surface area contributed by atoms with Gasteiger partial charge >= 0.3 is 0 Å². The van der Waals surface area contributed by atoms with Crippen molar-refractivity contribution in [2.75, 3.05) is 12.3 Å². The summed E-state index contributed by atoms with van der Waals surface area (Å²) in [5.41, 5.74) is 7.50. The zero-order valence-electron chi connectivity index (χ0n) is 10.9. The Labute approximate surface area is 117 Å². The SMILES string of the molecule is Cc1c(N)cnc(OCC2CCCCCC2)c1Br. The van der Waals surface area contributed by atoms with E-state index in [-0.39, 0.29) is 0 Å². The summed E-state index contributed by atoms with van der Waals surface area (Å²) in [5, 5.41) is 0. The number of hydrogen-bond donors (Lipinski definition) is 1. The summed E-state index contributed by atoms with van der Waals surface area (Å²) in [6, 6.07) is 0. The number of pyridine rings is 1. The van der Waals surface area contributed by atoms with Crippen molar-refractivity contribution in [2.24, 2.45) is 5.92 Å². The summed E-state index contributed by atoms with van der Waals surface area (Å²) < 4.78 is 6.74. The van der Waals surface area contributed by atoms with E-state index in [1.165, 1.54) is 38.5 Å². The largest absolute Gasteiger partial charge is 0.477 e. The molecule has 0 saturated heterocycles. The van der Waals surface area contributed by atoms with Gasteiger partial charge in [0.1, 0.15) is 0 Å². The lowest BCUT2D eigenvalue weighted by Gasteiger charge is -2.16. The molecule has 2 N–H and O–H groups in total. The first-order chi connectivity index (χ1) is 8.68. The Morgan fingerprint density at radius 2 is 2.00 bits per heavy atom. The third-order valence-corrected chi connectivity index (χ3v) is 4.64. The number of anilines is 1. The molecule has 2 rings (SSSR count). The third kappa shape index (κ3) is 3.37. The number of nitrogens with two attached hydrogens (primary N) is 1. The third-order valence-electron chi connectivity index (χ3n) is 3.70. The van der Waals surface area contributed by atoms with E-state index < -0.39 is 0 Å². The molecule has 0 aliphatic heterocycles. The second kappa shape index (κ2) is 6.41. The quantitative estimate of drug-likeness (QED) is 0.855. The van der Waals surface area contributed by atoms with E-state index in [9.17, 15) is 0 Å². The summed E-state index contributed by atoms with van der Waals surface area (Å²) in [4.78, 5) is 4.25. The van der Waals surface area contributed by atoms with Crippen molar-refractivity contribution in [2.45, 2.75) is 45.4 Å². The molecule has 1 aromatic heterocycles. The molecule has 1 saturated carbocycles. The van der Waals surface area contributed by atoms with Gasteiger partial charge < -0.3 is 10.5 Å². The molecule has 18 heavy (non-hydrogen) atoms. The van der Waals surface area contributed by atoms with Crippen molar-refractivity contribution in [3.05, 3.63) is 16.2 Å². The lowest BCUT2D eigenvalue weighted by molar-refractivity contribution is 0.225. The number of hydrogen-bond acceptors (Lipinski definition) is 3. The van der Waals surface area contributed by atoms with Crippen LogP contribution in [0.25, 0.3) is 0 Å². The van der Waals surface area contributed by atoms with Gasteiger partial charge in [-0.05, 0) is 47.2 Å². The van der Waals surface area contributed by atoms with E-state index >= 15 is 0 Å². The average molecular weight is 313 g/mol. The Balaban J connectivity index is 1.95. The molecule has 0 amide bonds. The number of ether oxygens (including phenoxy) is 1. The van der Waals surface area contributed by atoms with Crippen LogP contribution in [0.4, 0.5) is 5.69 Å². The van der Waals surface area contributed by atoms with Crippen LogP contribution in [0.2, 0.25) is 0 Å². The van der Waals surface area contributed by atoms with Gasteiger partial charge in [0.05, 0.1) is 23.0 Å². The predicted molar refractivity (Wildman–Crippen MR) is 77.8 cm³/mol. The molecular weight excluding hydrogens is 292 g/mol. The first kappa shape index (κ1) is 13.7. The van der Waals surface area contributed by atoms with Crippen LogP contribution in [0, 0.1) is 12.8 Å². The highest BCUT2D eigenvalue weighted by molar-refractivity contribution is 9.10. The monoisotopic (exact) mass is 312 g/mol. The minimum atomic E-state index is 0.672. The fraction of sp³-hybridized carbons (Fsp3) is 0.643. The minimum absolute atomic E-state index is 0.672. The number of rotatable bonds is 3. The molecule has 0 spiro atoms. The molecule has 0 bridgehead atoms. The van der Waals surface area contributed by atoms with E-state index in [0.717, 1.165) is 16.6 Å². The normalized spacial score (nSPS) is 17.4. The lowest BCUT2D eigenvalue weighted by atomic mass is 10.0. The Bertz CT molecular complexity index is 401. The fourth-order valence-corrected chi connectivity index (χ4v) is 2.84. The van der Waals surface area contributed by atoms with Crippen molar-refractivity contribution >= 4 is 21.6 Å². The first-order valence-electron chi connectivity index (χ1n) is 6.72.